The van der Waals surface area contributed by atoms with Gasteiger partial charge in [-0.2, -0.15) is 0 Å². The largest absolute Gasteiger partial charge is 0.397 e. The van der Waals surface area contributed by atoms with E-state index < -0.39 is 0 Å². The Hall–Kier alpha value is -2.12. The second-order valence-electron chi connectivity index (χ2n) is 8.97. The van der Waals surface area contributed by atoms with Crippen LogP contribution in [0, 0.1) is 0 Å². The van der Waals surface area contributed by atoms with Crippen LogP contribution < -0.4 is 11.5 Å². The molecule has 158 valence electrons. The predicted molar refractivity (Wildman–Crippen MR) is 114 cm³/mol. The number of rotatable bonds is 9. The van der Waals surface area contributed by atoms with Crippen molar-refractivity contribution in [2.24, 2.45) is 0 Å². The topological polar surface area (TPSA) is 102 Å². The van der Waals surface area contributed by atoms with E-state index in [9.17, 15) is 0 Å². The monoisotopic (exact) mass is 408 g/mol. The lowest BCUT2D eigenvalue weighted by atomic mass is 9.81. The average molecular weight is 408 g/mol. The van der Waals surface area contributed by atoms with Gasteiger partial charge in [-0.15, -0.1) is 0 Å². The highest BCUT2D eigenvalue weighted by Gasteiger charge is 2.35. The first-order valence-corrected chi connectivity index (χ1v) is 10.9. The Kier molecular flexibility index (Phi) is 4.49. The number of benzene rings is 2. The van der Waals surface area contributed by atoms with Gasteiger partial charge in [-0.25, -0.2) is 0 Å². The van der Waals surface area contributed by atoms with Crippen LogP contribution in [-0.2, 0) is 44.6 Å². The fraction of sp³-hybridized carbons (Fsp3) is 0.500. The molecule has 0 amide bonds. The average Bonchev–Trinajstić information content (AvgIpc) is 3.54. The quantitative estimate of drug-likeness (QED) is 0.488. The molecule has 2 aromatic rings. The lowest BCUT2D eigenvalue weighted by Gasteiger charge is -2.23. The van der Waals surface area contributed by atoms with E-state index in [2.05, 4.69) is 12.1 Å². The van der Waals surface area contributed by atoms with E-state index in [0.717, 1.165) is 57.7 Å². The fourth-order valence-corrected chi connectivity index (χ4v) is 4.53. The predicted octanol–water partition coefficient (Wildman–Crippen LogP) is 2.28. The third kappa shape index (κ3) is 3.93. The standard InChI is InChI=1S/C24H28N2O4/c25-23-3-1-2-18(24(23)26)20-5-13(4-14-9-27-14)19(6-15-10-28-15)21(7-16-11-29-16)22(20)8-17-12-30-17/h1-3,5,14-17H,4,6-12,25-26H2. The third-order valence-corrected chi connectivity index (χ3v) is 6.54. The van der Waals surface area contributed by atoms with Gasteiger partial charge in [0.1, 0.15) is 0 Å². The van der Waals surface area contributed by atoms with E-state index >= 15 is 0 Å². The summed E-state index contributed by atoms with van der Waals surface area (Å²) in [5.74, 6) is 0. The summed E-state index contributed by atoms with van der Waals surface area (Å²) in [7, 11) is 0. The first kappa shape index (κ1) is 18.6. The van der Waals surface area contributed by atoms with Crippen molar-refractivity contribution >= 4 is 11.4 Å². The number of nitrogen functional groups attached to an aromatic ring is 2. The van der Waals surface area contributed by atoms with Crippen LogP contribution in [0.1, 0.15) is 22.3 Å². The number of ether oxygens (including phenoxy) is 4. The molecule has 0 bridgehead atoms. The Bertz CT molecular complexity index is 976. The SMILES string of the molecule is Nc1cccc(-c2cc(CC3CO3)c(CC3CO3)c(CC3CO3)c2CC2CO2)c1N. The van der Waals surface area contributed by atoms with Crippen LogP contribution in [0.5, 0.6) is 0 Å². The number of hydrogen-bond acceptors (Lipinski definition) is 6. The van der Waals surface area contributed by atoms with E-state index in [1.165, 1.54) is 27.8 Å². The molecular weight excluding hydrogens is 380 g/mol. The van der Waals surface area contributed by atoms with Gasteiger partial charge in [0.2, 0.25) is 0 Å². The summed E-state index contributed by atoms with van der Waals surface area (Å²) < 4.78 is 22.5. The highest BCUT2D eigenvalue weighted by molar-refractivity contribution is 5.87. The van der Waals surface area contributed by atoms with Crippen LogP contribution in [0.15, 0.2) is 24.3 Å². The van der Waals surface area contributed by atoms with Crippen molar-refractivity contribution in [2.45, 2.75) is 50.1 Å². The minimum absolute atomic E-state index is 0.285. The summed E-state index contributed by atoms with van der Waals surface area (Å²) >= 11 is 0. The summed E-state index contributed by atoms with van der Waals surface area (Å²) in [4.78, 5) is 0. The highest BCUT2D eigenvalue weighted by atomic mass is 16.6. The van der Waals surface area contributed by atoms with Crippen LogP contribution in [0.4, 0.5) is 11.4 Å². The Balaban J connectivity index is 1.54. The molecule has 0 aliphatic carbocycles. The zero-order chi connectivity index (χ0) is 20.2. The van der Waals surface area contributed by atoms with Crippen LogP contribution in [0.25, 0.3) is 11.1 Å². The Morgan fingerprint density at radius 1 is 0.667 bits per heavy atom. The molecule has 4 N–H and O–H groups in total. The van der Waals surface area contributed by atoms with Crippen molar-refractivity contribution in [3.8, 4) is 11.1 Å². The first-order chi connectivity index (χ1) is 14.7. The zero-order valence-corrected chi connectivity index (χ0v) is 17.1. The molecule has 6 heteroatoms. The molecule has 0 aromatic heterocycles. The lowest BCUT2D eigenvalue weighted by Crippen LogP contribution is -2.14. The zero-order valence-electron chi connectivity index (χ0n) is 17.1. The van der Waals surface area contributed by atoms with E-state index in [1.807, 2.05) is 12.1 Å². The molecule has 6 nitrogen and oxygen atoms in total. The van der Waals surface area contributed by atoms with Gasteiger partial charge < -0.3 is 30.4 Å². The summed E-state index contributed by atoms with van der Waals surface area (Å²) in [5.41, 5.74) is 21.6. The summed E-state index contributed by atoms with van der Waals surface area (Å²) in [5, 5.41) is 0. The van der Waals surface area contributed by atoms with Crippen molar-refractivity contribution < 1.29 is 18.9 Å². The Morgan fingerprint density at radius 2 is 1.20 bits per heavy atom. The fourth-order valence-electron chi connectivity index (χ4n) is 4.53. The van der Waals surface area contributed by atoms with Gasteiger partial charge in [0, 0.05) is 31.2 Å². The van der Waals surface area contributed by atoms with Crippen molar-refractivity contribution in [3.63, 3.8) is 0 Å². The van der Waals surface area contributed by atoms with Gasteiger partial charge >= 0.3 is 0 Å². The van der Waals surface area contributed by atoms with Gasteiger partial charge in [-0.05, 0) is 33.9 Å². The molecule has 0 radical (unpaired) electrons. The van der Waals surface area contributed by atoms with Gasteiger partial charge in [0.05, 0.1) is 62.2 Å². The molecule has 4 heterocycles. The Morgan fingerprint density at radius 3 is 1.80 bits per heavy atom. The van der Waals surface area contributed by atoms with Gasteiger partial charge in [-0.1, -0.05) is 18.2 Å². The molecule has 2 aromatic carbocycles. The van der Waals surface area contributed by atoms with E-state index in [1.54, 1.807) is 0 Å². The van der Waals surface area contributed by atoms with Gasteiger partial charge in [0.15, 0.2) is 0 Å². The minimum atomic E-state index is 0.285. The van der Waals surface area contributed by atoms with Crippen LogP contribution in [0.2, 0.25) is 0 Å². The number of para-hydroxylation sites is 1. The number of hydrogen-bond donors (Lipinski definition) is 2. The molecule has 4 aliphatic heterocycles. The maximum atomic E-state index is 6.46. The van der Waals surface area contributed by atoms with Crippen LogP contribution in [0.3, 0.4) is 0 Å². The van der Waals surface area contributed by atoms with Crippen molar-refractivity contribution in [2.75, 3.05) is 37.9 Å². The smallest absolute Gasteiger partial charge is 0.0850 e. The van der Waals surface area contributed by atoms with Crippen LogP contribution in [-0.4, -0.2) is 50.8 Å². The summed E-state index contributed by atoms with van der Waals surface area (Å²) in [6.07, 6.45) is 4.94. The molecule has 6 rings (SSSR count). The van der Waals surface area contributed by atoms with E-state index in [-0.39, 0.29) is 6.10 Å². The molecule has 4 atom stereocenters. The van der Waals surface area contributed by atoms with Crippen molar-refractivity contribution in [1.29, 1.82) is 0 Å². The third-order valence-electron chi connectivity index (χ3n) is 6.54. The lowest BCUT2D eigenvalue weighted by molar-refractivity contribution is 0.395. The first-order valence-electron chi connectivity index (χ1n) is 10.9. The van der Waals surface area contributed by atoms with Gasteiger partial charge in [0.25, 0.3) is 0 Å². The molecule has 0 spiro atoms. The Labute approximate surface area is 176 Å². The highest BCUT2D eigenvalue weighted by Crippen LogP contribution is 2.41. The second-order valence-corrected chi connectivity index (χ2v) is 8.97. The number of nitrogens with two attached hydrogens (primary N) is 2. The molecule has 4 aliphatic rings. The van der Waals surface area contributed by atoms with Gasteiger partial charge in [-0.3, -0.25) is 0 Å². The molecular formula is C24H28N2O4. The van der Waals surface area contributed by atoms with Crippen molar-refractivity contribution in [3.05, 3.63) is 46.5 Å². The second kappa shape index (κ2) is 7.24. The number of epoxide rings is 4. The molecule has 4 unspecified atom stereocenters. The van der Waals surface area contributed by atoms with Crippen molar-refractivity contribution in [1.82, 2.24) is 0 Å². The maximum Gasteiger partial charge on any atom is 0.0850 e. The summed E-state index contributed by atoms with van der Waals surface area (Å²) in [6, 6.07) is 8.26. The normalized spacial score (nSPS) is 28.4. The molecule has 30 heavy (non-hydrogen) atoms. The van der Waals surface area contributed by atoms with Crippen LogP contribution >= 0.6 is 0 Å². The van der Waals surface area contributed by atoms with E-state index in [0.29, 0.717) is 29.7 Å². The molecule has 4 fully saturated rings. The molecule has 4 saturated heterocycles. The minimum Gasteiger partial charge on any atom is -0.397 e. The summed E-state index contributed by atoms with van der Waals surface area (Å²) in [6.45, 7) is 3.35. The molecule has 0 saturated carbocycles. The maximum absolute atomic E-state index is 6.46. The number of anilines is 2. The van der Waals surface area contributed by atoms with E-state index in [4.69, 9.17) is 30.4 Å².